The molecule has 0 bridgehead atoms. The molecule has 1 aromatic heterocycles. The molecule has 11 heteroatoms. The Balaban J connectivity index is 1.70. The van der Waals surface area contributed by atoms with Crippen LogP contribution in [0.5, 0.6) is 5.75 Å². The van der Waals surface area contributed by atoms with E-state index in [-0.39, 0.29) is 27.0 Å². The van der Waals surface area contributed by atoms with Crippen LogP contribution in [-0.4, -0.2) is 30.5 Å². The topological polar surface area (TPSA) is 138 Å². The van der Waals surface area contributed by atoms with Gasteiger partial charge in [0.15, 0.2) is 17.9 Å². The van der Waals surface area contributed by atoms with Gasteiger partial charge >= 0.3 is 11.6 Å². The fraction of sp³-hybridized carbons (Fsp3) is 0.105. The summed E-state index contributed by atoms with van der Waals surface area (Å²) in [5.41, 5.74) is -1.04. The Morgan fingerprint density at radius 1 is 1.23 bits per heavy atom. The van der Waals surface area contributed by atoms with Crippen LogP contribution in [0.1, 0.15) is 10.4 Å². The third-order valence-electron chi connectivity index (χ3n) is 3.94. The fourth-order valence-corrected chi connectivity index (χ4v) is 3.00. The summed E-state index contributed by atoms with van der Waals surface area (Å²) in [6, 6.07) is 9.92. The molecule has 10 nitrogen and oxygen atoms in total. The average molecular weight is 477 g/mol. The van der Waals surface area contributed by atoms with Gasteiger partial charge in [0.25, 0.3) is 11.6 Å². The van der Waals surface area contributed by atoms with E-state index in [2.05, 4.69) is 21.2 Å². The Hall–Kier alpha value is -3.73. The number of esters is 1. The molecule has 2 aromatic carbocycles. The average Bonchev–Trinajstić information content (AvgIpc) is 2.72. The molecule has 154 valence electrons. The largest absolute Gasteiger partial charge is 0.493 e. The highest BCUT2D eigenvalue weighted by atomic mass is 79.9. The second-order valence-electron chi connectivity index (χ2n) is 5.87. The normalized spacial score (nSPS) is 10.5. The number of carbonyl (C=O) groups excluding carboxylic acids is 2. The van der Waals surface area contributed by atoms with Gasteiger partial charge in [-0.2, -0.15) is 0 Å². The highest BCUT2D eigenvalue weighted by Gasteiger charge is 2.18. The lowest BCUT2D eigenvalue weighted by molar-refractivity contribution is -0.384. The lowest BCUT2D eigenvalue weighted by atomic mass is 10.2. The number of halogens is 1. The molecule has 0 saturated carbocycles. The Morgan fingerprint density at radius 2 is 2.00 bits per heavy atom. The van der Waals surface area contributed by atoms with Crippen molar-refractivity contribution in [3.05, 3.63) is 73.0 Å². The molecular formula is C19H13BrN2O8. The van der Waals surface area contributed by atoms with Gasteiger partial charge in [-0.1, -0.05) is 12.1 Å². The van der Waals surface area contributed by atoms with Crippen molar-refractivity contribution in [3.63, 3.8) is 0 Å². The number of para-hydroxylation sites is 1. The molecule has 0 saturated heterocycles. The first-order chi connectivity index (χ1) is 14.3. The van der Waals surface area contributed by atoms with E-state index in [1.165, 1.54) is 31.4 Å². The zero-order valence-electron chi connectivity index (χ0n) is 15.3. The number of hydrogen-bond acceptors (Lipinski definition) is 8. The van der Waals surface area contributed by atoms with Crippen molar-refractivity contribution in [1.29, 1.82) is 0 Å². The number of nitro groups is 1. The summed E-state index contributed by atoms with van der Waals surface area (Å²) in [5.74, 6) is -1.41. The van der Waals surface area contributed by atoms with Crippen molar-refractivity contribution in [2.75, 3.05) is 19.0 Å². The van der Waals surface area contributed by atoms with E-state index >= 15 is 0 Å². The lowest BCUT2D eigenvalue weighted by Crippen LogP contribution is -2.23. The molecule has 3 aromatic rings. The van der Waals surface area contributed by atoms with Crippen LogP contribution in [0.25, 0.3) is 11.0 Å². The van der Waals surface area contributed by atoms with Crippen LogP contribution < -0.4 is 15.7 Å². The molecular weight excluding hydrogens is 464 g/mol. The number of carbonyl (C=O) groups is 2. The first-order valence-electron chi connectivity index (χ1n) is 8.32. The molecule has 0 spiro atoms. The number of methoxy groups -OCH3 is 1. The van der Waals surface area contributed by atoms with E-state index in [9.17, 15) is 24.5 Å². The Kier molecular flexibility index (Phi) is 6.11. The number of rotatable bonds is 6. The van der Waals surface area contributed by atoms with Gasteiger partial charge in [0.1, 0.15) is 5.56 Å². The van der Waals surface area contributed by atoms with E-state index in [1.807, 2.05) is 0 Å². The van der Waals surface area contributed by atoms with E-state index in [0.29, 0.717) is 11.1 Å². The van der Waals surface area contributed by atoms with Crippen molar-refractivity contribution >= 4 is 50.2 Å². The number of amides is 1. The van der Waals surface area contributed by atoms with Gasteiger partial charge in [0, 0.05) is 22.0 Å². The number of nitro benzene ring substituents is 1. The SMILES string of the molecule is COc1cccc2cc(C(=O)OCC(=O)Nc3ccc([N+](=O)[O-])cc3Br)c(=O)oc12. The maximum absolute atomic E-state index is 12.2. The molecule has 0 atom stereocenters. The van der Waals surface area contributed by atoms with Gasteiger partial charge in [-0.05, 0) is 34.1 Å². The monoisotopic (exact) mass is 476 g/mol. The molecule has 1 heterocycles. The minimum atomic E-state index is -1.04. The van der Waals surface area contributed by atoms with Crippen molar-refractivity contribution < 1.29 is 28.4 Å². The molecule has 0 aliphatic carbocycles. The summed E-state index contributed by atoms with van der Waals surface area (Å²) in [7, 11) is 1.42. The highest BCUT2D eigenvalue weighted by Crippen LogP contribution is 2.27. The molecule has 3 rings (SSSR count). The summed E-state index contributed by atoms with van der Waals surface area (Å²) in [5, 5.41) is 13.6. The number of anilines is 1. The Labute approximate surface area is 176 Å². The lowest BCUT2D eigenvalue weighted by Gasteiger charge is -2.08. The van der Waals surface area contributed by atoms with Crippen LogP contribution in [0.2, 0.25) is 0 Å². The zero-order valence-corrected chi connectivity index (χ0v) is 16.9. The van der Waals surface area contributed by atoms with Crippen LogP contribution in [0.15, 0.2) is 56.1 Å². The van der Waals surface area contributed by atoms with Gasteiger partial charge in [0.2, 0.25) is 0 Å². The smallest absolute Gasteiger partial charge is 0.351 e. The van der Waals surface area contributed by atoms with Crippen molar-refractivity contribution in [2.24, 2.45) is 0 Å². The van der Waals surface area contributed by atoms with E-state index in [4.69, 9.17) is 13.9 Å². The number of nitrogens with one attached hydrogen (secondary N) is 1. The summed E-state index contributed by atoms with van der Waals surface area (Å²) in [6.45, 7) is -0.683. The van der Waals surface area contributed by atoms with Crippen molar-refractivity contribution in [3.8, 4) is 5.75 Å². The zero-order chi connectivity index (χ0) is 21.8. The van der Waals surface area contributed by atoms with Gasteiger partial charge in [-0.15, -0.1) is 0 Å². The summed E-state index contributed by atoms with van der Waals surface area (Å²) in [6.07, 6.45) is 0. The second kappa shape index (κ2) is 8.74. The van der Waals surface area contributed by atoms with E-state index in [1.54, 1.807) is 18.2 Å². The number of nitrogens with zero attached hydrogens (tertiary/aromatic N) is 1. The first kappa shape index (κ1) is 21.0. The van der Waals surface area contributed by atoms with Gasteiger partial charge < -0.3 is 19.2 Å². The number of non-ortho nitro benzene ring substituents is 1. The van der Waals surface area contributed by atoms with Crippen LogP contribution >= 0.6 is 15.9 Å². The van der Waals surface area contributed by atoms with E-state index < -0.39 is 29.0 Å². The van der Waals surface area contributed by atoms with Gasteiger partial charge in [0.05, 0.1) is 17.7 Å². The predicted molar refractivity (Wildman–Crippen MR) is 109 cm³/mol. The first-order valence-corrected chi connectivity index (χ1v) is 9.11. The molecule has 0 unspecified atom stereocenters. The van der Waals surface area contributed by atoms with Crippen molar-refractivity contribution in [1.82, 2.24) is 0 Å². The van der Waals surface area contributed by atoms with Crippen LogP contribution in [0.3, 0.4) is 0 Å². The Morgan fingerprint density at radius 3 is 2.67 bits per heavy atom. The number of ether oxygens (including phenoxy) is 2. The maximum Gasteiger partial charge on any atom is 0.351 e. The minimum absolute atomic E-state index is 0.161. The van der Waals surface area contributed by atoms with Crippen LogP contribution in [0.4, 0.5) is 11.4 Å². The molecule has 0 aliphatic heterocycles. The maximum atomic E-state index is 12.2. The van der Waals surface area contributed by atoms with E-state index in [0.717, 1.165) is 0 Å². The minimum Gasteiger partial charge on any atom is -0.493 e. The number of benzene rings is 2. The van der Waals surface area contributed by atoms with Gasteiger partial charge in [-0.3, -0.25) is 14.9 Å². The number of fused-ring (bicyclic) bond motifs is 1. The quantitative estimate of drug-likeness (QED) is 0.247. The summed E-state index contributed by atoms with van der Waals surface area (Å²) >= 11 is 3.11. The third kappa shape index (κ3) is 4.46. The molecule has 1 amide bonds. The fourth-order valence-electron chi connectivity index (χ4n) is 2.53. The van der Waals surface area contributed by atoms with Gasteiger partial charge in [-0.25, -0.2) is 9.59 Å². The Bertz CT molecular complexity index is 1220. The summed E-state index contributed by atoms with van der Waals surface area (Å²) < 4.78 is 15.4. The number of hydrogen-bond donors (Lipinski definition) is 1. The van der Waals surface area contributed by atoms with Crippen LogP contribution in [-0.2, 0) is 9.53 Å². The van der Waals surface area contributed by atoms with Crippen LogP contribution in [0, 0.1) is 10.1 Å². The standard InChI is InChI=1S/C19H13BrN2O8/c1-28-15-4-2-3-10-7-12(19(25)30-17(10)15)18(24)29-9-16(23)21-14-6-5-11(22(26)27)8-13(14)20/h2-8H,9H2,1H3,(H,21,23). The molecule has 0 radical (unpaired) electrons. The molecule has 0 aliphatic rings. The van der Waals surface area contributed by atoms with Crippen molar-refractivity contribution in [2.45, 2.75) is 0 Å². The molecule has 1 N–H and O–H groups in total. The summed E-state index contributed by atoms with van der Waals surface area (Å²) in [4.78, 5) is 46.6. The second-order valence-corrected chi connectivity index (χ2v) is 6.73. The molecule has 30 heavy (non-hydrogen) atoms. The predicted octanol–water partition coefficient (Wildman–Crippen LogP) is 3.27. The molecule has 0 fully saturated rings. The third-order valence-corrected chi connectivity index (χ3v) is 4.59. The highest BCUT2D eigenvalue weighted by molar-refractivity contribution is 9.10.